The van der Waals surface area contributed by atoms with Crippen LogP contribution >= 0.6 is 23.2 Å². The first kappa shape index (κ1) is 29.5. The maximum absolute atomic E-state index is 13.9. The maximum Gasteiger partial charge on any atom is 0.336 e. The van der Waals surface area contributed by atoms with Crippen LogP contribution in [0.3, 0.4) is 0 Å². The standard InChI is InChI=1S/C33H31Cl2NO6/c1-3-40-28-18-22(15-25(35)32(28)38)30-29(33(39)42-14-13-41-24-7-5-4-6-8-24)19(2)36-26-16-21(17-27(37)31(26)30)20-9-11-23(34)12-10-20/h4-12,15,18,21,30,36,38H,3,13-14,16-17H2,1-2H3/t21-,30-/m1/s1. The second-order valence-electron chi connectivity index (χ2n) is 10.1. The van der Waals surface area contributed by atoms with E-state index in [9.17, 15) is 14.7 Å². The largest absolute Gasteiger partial charge is 0.503 e. The van der Waals surface area contributed by atoms with Crippen molar-refractivity contribution < 1.29 is 28.9 Å². The Labute approximate surface area is 254 Å². The molecule has 1 heterocycles. The van der Waals surface area contributed by atoms with Gasteiger partial charge in [0.1, 0.15) is 19.0 Å². The zero-order valence-electron chi connectivity index (χ0n) is 23.3. The second-order valence-corrected chi connectivity index (χ2v) is 11.0. The molecule has 0 saturated carbocycles. The number of para-hydroxylation sites is 1. The first-order valence-corrected chi connectivity index (χ1v) is 14.5. The number of phenolic OH excluding ortho intramolecular Hbond substituents is 1. The third-order valence-electron chi connectivity index (χ3n) is 7.40. The van der Waals surface area contributed by atoms with E-state index in [1.165, 1.54) is 0 Å². The topological polar surface area (TPSA) is 94.1 Å². The van der Waals surface area contributed by atoms with Crippen LogP contribution in [-0.2, 0) is 14.3 Å². The molecule has 0 bridgehead atoms. The highest BCUT2D eigenvalue weighted by Gasteiger charge is 2.42. The molecule has 5 rings (SSSR count). The van der Waals surface area contributed by atoms with Gasteiger partial charge in [0.25, 0.3) is 0 Å². The van der Waals surface area contributed by atoms with Gasteiger partial charge in [0.15, 0.2) is 17.3 Å². The molecule has 0 radical (unpaired) electrons. The number of ketones is 1. The summed E-state index contributed by atoms with van der Waals surface area (Å²) >= 11 is 12.5. The molecule has 1 aliphatic heterocycles. The van der Waals surface area contributed by atoms with Crippen LogP contribution in [0.15, 0.2) is 89.3 Å². The van der Waals surface area contributed by atoms with Gasteiger partial charge >= 0.3 is 5.97 Å². The number of rotatable bonds is 9. The minimum absolute atomic E-state index is 0.0102. The zero-order chi connectivity index (χ0) is 29.8. The lowest BCUT2D eigenvalue weighted by atomic mass is 9.71. The minimum Gasteiger partial charge on any atom is -0.503 e. The Hall–Kier alpha value is -3.94. The molecular weight excluding hydrogens is 577 g/mol. The Bertz CT molecular complexity index is 1550. The SMILES string of the molecule is CCOc1cc([C@@H]2C(C(=O)OCCOc3ccccc3)=C(C)NC3=C2C(=O)C[C@H](c2ccc(Cl)cc2)C3)cc(Cl)c1O. The molecule has 2 N–H and O–H groups in total. The number of hydrogen-bond acceptors (Lipinski definition) is 7. The van der Waals surface area contributed by atoms with Crippen molar-refractivity contribution in [1.29, 1.82) is 0 Å². The van der Waals surface area contributed by atoms with E-state index < -0.39 is 11.9 Å². The molecule has 0 aromatic heterocycles. The van der Waals surface area contributed by atoms with Crippen molar-refractivity contribution in [2.75, 3.05) is 19.8 Å². The number of nitrogens with one attached hydrogen (secondary N) is 1. The van der Waals surface area contributed by atoms with Crippen LogP contribution in [0, 0.1) is 0 Å². The van der Waals surface area contributed by atoms with Gasteiger partial charge in [-0.15, -0.1) is 0 Å². The number of hydrogen-bond donors (Lipinski definition) is 2. The number of carbonyl (C=O) groups excluding carboxylic acids is 2. The fraction of sp³-hybridized carbons (Fsp3) is 0.273. The Kier molecular flexibility index (Phi) is 9.09. The van der Waals surface area contributed by atoms with Gasteiger partial charge in [-0.3, -0.25) is 4.79 Å². The Morgan fingerprint density at radius 2 is 1.71 bits per heavy atom. The normalized spacial score (nSPS) is 18.3. The third-order valence-corrected chi connectivity index (χ3v) is 7.94. The van der Waals surface area contributed by atoms with Gasteiger partial charge in [0.05, 0.1) is 17.2 Å². The van der Waals surface area contributed by atoms with E-state index in [1.54, 1.807) is 26.0 Å². The quantitative estimate of drug-likeness (QED) is 0.198. The summed E-state index contributed by atoms with van der Waals surface area (Å²) in [5.74, 6) is -0.874. The number of halogens is 2. The summed E-state index contributed by atoms with van der Waals surface area (Å²) < 4.78 is 17.0. The van der Waals surface area contributed by atoms with Crippen LogP contribution in [0.4, 0.5) is 0 Å². The van der Waals surface area contributed by atoms with E-state index in [2.05, 4.69) is 5.32 Å². The first-order valence-electron chi connectivity index (χ1n) is 13.8. The lowest BCUT2D eigenvalue weighted by Crippen LogP contribution is -2.36. The Morgan fingerprint density at radius 1 is 0.976 bits per heavy atom. The highest BCUT2D eigenvalue weighted by molar-refractivity contribution is 6.32. The van der Waals surface area contributed by atoms with Crippen molar-refractivity contribution in [2.24, 2.45) is 0 Å². The Morgan fingerprint density at radius 3 is 2.43 bits per heavy atom. The Balaban J connectivity index is 1.48. The van der Waals surface area contributed by atoms with Crippen LogP contribution in [0.5, 0.6) is 17.2 Å². The summed E-state index contributed by atoms with van der Waals surface area (Å²) in [6, 6.07) is 19.9. The van der Waals surface area contributed by atoms with Gasteiger partial charge < -0.3 is 24.6 Å². The van der Waals surface area contributed by atoms with E-state index in [0.717, 1.165) is 11.3 Å². The van der Waals surface area contributed by atoms with Crippen LogP contribution in [0.1, 0.15) is 49.7 Å². The number of ether oxygens (including phenoxy) is 3. The average Bonchev–Trinajstić information content (AvgIpc) is 2.97. The lowest BCUT2D eigenvalue weighted by molar-refractivity contribution is -0.140. The molecule has 0 unspecified atom stereocenters. The highest BCUT2D eigenvalue weighted by atomic mass is 35.5. The number of benzene rings is 3. The van der Waals surface area contributed by atoms with Crippen LogP contribution in [0.2, 0.25) is 10.0 Å². The van der Waals surface area contributed by atoms with Gasteiger partial charge in [-0.2, -0.15) is 0 Å². The number of dihydropyridines is 1. The summed E-state index contributed by atoms with van der Waals surface area (Å²) in [6.07, 6.45) is 0.822. The molecule has 3 aromatic rings. The summed E-state index contributed by atoms with van der Waals surface area (Å²) in [5, 5.41) is 14.5. The van der Waals surface area contributed by atoms with Gasteiger partial charge in [-0.1, -0.05) is 53.5 Å². The van der Waals surface area contributed by atoms with Gasteiger partial charge in [0, 0.05) is 34.3 Å². The van der Waals surface area contributed by atoms with E-state index in [0.29, 0.717) is 40.6 Å². The zero-order valence-corrected chi connectivity index (χ0v) is 24.8. The van der Waals surface area contributed by atoms with E-state index >= 15 is 0 Å². The summed E-state index contributed by atoms with van der Waals surface area (Å²) in [6.45, 7) is 4.04. The van der Waals surface area contributed by atoms with Crippen molar-refractivity contribution in [3.8, 4) is 17.2 Å². The lowest BCUT2D eigenvalue weighted by Gasteiger charge is -2.37. The van der Waals surface area contributed by atoms with Gasteiger partial charge in [-0.05, 0) is 73.7 Å². The molecule has 2 atom stereocenters. The van der Waals surface area contributed by atoms with Gasteiger partial charge in [0.2, 0.25) is 0 Å². The van der Waals surface area contributed by atoms with Gasteiger partial charge in [-0.25, -0.2) is 4.79 Å². The predicted molar refractivity (Wildman–Crippen MR) is 161 cm³/mol. The molecule has 2 aliphatic rings. The van der Waals surface area contributed by atoms with Crippen LogP contribution < -0.4 is 14.8 Å². The number of Topliss-reactive ketones (excluding diaryl/α,β-unsaturated/α-hetero) is 1. The van der Waals surface area contributed by atoms with E-state index in [4.69, 9.17) is 37.4 Å². The summed E-state index contributed by atoms with van der Waals surface area (Å²) in [5.41, 5.74) is 3.62. The molecular formula is C33H31Cl2NO6. The van der Waals surface area contributed by atoms with Crippen molar-refractivity contribution in [2.45, 2.75) is 38.5 Å². The van der Waals surface area contributed by atoms with Crippen molar-refractivity contribution >= 4 is 35.0 Å². The van der Waals surface area contributed by atoms with Crippen LogP contribution in [-0.4, -0.2) is 36.7 Å². The molecule has 218 valence electrons. The monoisotopic (exact) mass is 607 g/mol. The smallest absolute Gasteiger partial charge is 0.336 e. The number of esters is 1. The number of allylic oxidation sites excluding steroid dienone is 3. The van der Waals surface area contributed by atoms with E-state index in [-0.39, 0.29) is 53.4 Å². The van der Waals surface area contributed by atoms with Crippen molar-refractivity contribution in [3.63, 3.8) is 0 Å². The highest BCUT2D eigenvalue weighted by Crippen LogP contribution is 2.48. The molecule has 0 spiro atoms. The molecule has 0 fully saturated rings. The molecule has 0 saturated heterocycles. The van der Waals surface area contributed by atoms with Crippen LogP contribution in [0.25, 0.3) is 0 Å². The predicted octanol–water partition coefficient (Wildman–Crippen LogP) is 7.08. The summed E-state index contributed by atoms with van der Waals surface area (Å²) in [7, 11) is 0. The maximum atomic E-state index is 13.9. The molecule has 1 aliphatic carbocycles. The third kappa shape index (κ3) is 6.27. The van der Waals surface area contributed by atoms with Crippen molar-refractivity contribution in [1.82, 2.24) is 5.32 Å². The second kappa shape index (κ2) is 12.9. The number of aromatic hydroxyl groups is 1. The summed E-state index contributed by atoms with van der Waals surface area (Å²) in [4.78, 5) is 27.5. The fourth-order valence-corrected chi connectivity index (χ4v) is 5.87. The van der Waals surface area contributed by atoms with Crippen molar-refractivity contribution in [3.05, 3.63) is 110 Å². The number of carbonyl (C=O) groups is 2. The molecule has 0 amide bonds. The average molecular weight is 609 g/mol. The molecule has 3 aromatic carbocycles. The fourth-order valence-electron chi connectivity index (χ4n) is 5.53. The van der Waals surface area contributed by atoms with E-state index in [1.807, 2.05) is 54.6 Å². The first-order chi connectivity index (χ1) is 20.3. The minimum atomic E-state index is -0.778. The molecule has 9 heteroatoms. The molecule has 7 nitrogen and oxygen atoms in total. The molecule has 42 heavy (non-hydrogen) atoms. The number of phenols is 1.